The van der Waals surface area contributed by atoms with Gasteiger partial charge >= 0.3 is 0 Å². The van der Waals surface area contributed by atoms with E-state index < -0.39 is 5.54 Å². The maximum Gasteiger partial charge on any atom is 0.258 e. The molecule has 1 aromatic carbocycles. The van der Waals surface area contributed by atoms with Crippen LogP contribution >= 0.6 is 0 Å². The van der Waals surface area contributed by atoms with Crippen molar-refractivity contribution >= 4 is 5.91 Å². The number of methoxy groups -OCH3 is 1. The molecule has 0 saturated carbocycles. The van der Waals surface area contributed by atoms with E-state index in [0.717, 1.165) is 6.42 Å². The normalized spacial score (nSPS) is 13.6. The number of hydrogen-bond acceptors (Lipinski definition) is 4. The van der Waals surface area contributed by atoms with E-state index in [-0.39, 0.29) is 12.5 Å². The van der Waals surface area contributed by atoms with Crippen LogP contribution in [0.5, 0.6) is 11.5 Å². The molecule has 0 saturated heterocycles. The highest BCUT2D eigenvalue weighted by Gasteiger charge is 2.25. The largest absolute Gasteiger partial charge is 0.497 e. The van der Waals surface area contributed by atoms with Crippen molar-refractivity contribution in [3.8, 4) is 11.5 Å². The number of ether oxygens (including phenoxy) is 2. The predicted octanol–water partition coefficient (Wildman–Crippen LogP) is 1.95. The first kappa shape index (κ1) is 17.3. The van der Waals surface area contributed by atoms with Crippen molar-refractivity contribution in [3.63, 3.8) is 0 Å². The van der Waals surface area contributed by atoms with Gasteiger partial charge in [0.2, 0.25) is 0 Å². The van der Waals surface area contributed by atoms with Crippen molar-refractivity contribution in [2.24, 2.45) is 11.7 Å². The summed E-state index contributed by atoms with van der Waals surface area (Å²) >= 11 is 0. The lowest BCUT2D eigenvalue weighted by molar-refractivity contribution is -0.125. The van der Waals surface area contributed by atoms with Gasteiger partial charge in [-0.2, -0.15) is 0 Å². The Morgan fingerprint density at radius 2 is 2.05 bits per heavy atom. The van der Waals surface area contributed by atoms with Crippen LogP contribution in [0.15, 0.2) is 24.3 Å². The number of carbonyl (C=O) groups is 1. The zero-order valence-electron chi connectivity index (χ0n) is 13.3. The van der Waals surface area contributed by atoms with E-state index in [0.29, 0.717) is 24.0 Å². The molecule has 0 aromatic heterocycles. The quantitative estimate of drug-likeness (QED) is 0.768. The van der Waals surface area contributed by atoms with Gasteiger partial charge in [-0.15, -0.1) is 0 Å². The number of nitrogens with two attached hydrogens (primary N) is 1. The molecule has 0 heterocycles. The molecule has 0 fully saturated rings. The molecule has 1 amide bonds. The fraction of sp³-hybridized carbons (Fsp3) is 0.562. The minimum Gasteiger partial charge on any atom is -0.497 e. The van der Waals surface area contributed by atoms with Crippen LogP contribution in [0.25, 0.3) is 0 Å². The second kappa shape index (κ2) is 7.88. The second-order valence-electron chi connectivity index (χ2n) is 5.88. The fourth-order valence-corrected chi connectivity index (χ4v) is 2.30. The first-order valence-electron chi connectivity index (χ1n) is 7.16. The summed E-state index contributed by atoms with van der Waals surface area (Å²) in [6.07, 6.45) is 0.828. The Bertz CT molecular complexity index is 463. The SMILES string of the molecule is COc1cccc(OCC(=O)NC(C)(CN)CC(C)C)c1. The molecular formula is C16H26N2O3. The van der Waals surface area contributed by atoms with Gasteiger partial charge in [-0.05, 0) is 31.4 Å². The molecule has 1 atom stereocenters. The van der Waals surface area contributed by atoms with Crippen LogP contribution in [0.1, 0.15) is 27.2 Å². The highest BCUT2D eigenvalue weighted by molar-refractivity contribution is 5.78. The van der Waals surface area contributed by atoms with Crippen molar-refractivity contribution < 1.29 is 14.3 Å². The third-order valence-electron chi connectivity index (χ3n) is 3.16. The zero-order chi connectivity index (χ0) is 15.9. The Kier molecular flexibility index (Phi) is 6.49. The van der Waals surface area contributed by atoms with Crippen molar-refractivity contribution in [1.82, 2.24) is 5.32 Å². The van der Waals surface area contributed by atoms with Gasteiger partial charge in [0.25, 0.3) is 5.91 Å². The van der Waals surface area contributed by atoms with Crippen LogP contribution in [0.3, 0.4) is 0 Å². The average molecular weight is 294 g/mol. The Morgan fingerprint density at radius 3 is 2.62 bits per heavy atom. The zero-order valence-corrected chi connectivity index (χ0v) is 13.3. The van der Waals surface area contributed by atoms with Crippen LogP contribution in [0, 0.1) is 5.92 Å². The lowest BCUT2D eigenvalue weighted by Gasteiger charge is -2.31. The van der Waals surface area contributed by atoms with Gasteiger partial charge in [0.15, 0.2) is 6.61 Å². The van der Waals surface area contributed by atoms with Gasteiger partial charge in [0.1, 0.15) is 11.5 Å². The van der Waals surface area contributed by atoms with Crippen LogP contribution in [0.4, 0.5) is 0 Å². The minimum absolute atomic E-state index is 0.0408. The predicted molar refractivity (Wildman–Crippen MR) is 83.5 cm³/mol. The van der Waals surface area contributed by atoms with E-state index in [4.69, 9.17) is 15.2 Å². The van der Waals surface area contributed by atoms with Gasteiger partial charge in [-0.3, -0.25) is 4.79 Å². The summed E-state index contributed by atoms with van der Waals surface area (Å²) < 4.78 is 10.6. The topological polar surface area (TPSA) is 73.6 Å². The monoisotopic (exact) mass is 294 g/mol. The molecule has 1 unspecified atom stereocenters. The lowest BCUT2D eigenvalue weighted by atomic mass is 9.91. The number of benzene rings is 1. The van der Waals surface area contributed by atoms with E-state index in [1.54, 1.807) is 19.2 Å². The lowest BCUT2D eigenvalue weighted by Crippen LogP contribution is -2.53. The van der Waals surface area contributed by atoms with Crippen LogP contribution in [0.2, 0.25) is 0 Å². The van der Waals surface area contributed by atoms with Crippen molar-refractivity contribution in [3.05, 3.63) is 24.3 Å². The van der Waals surface area contributed by atoms with E-state index in [1.807, 2.05) is 19.1 Å². The summed E-state index contributed by atoms with van der Waals surface area (Å²) in [6.45, 7) is 6.52. The number of nitrogens with one attached hydrogen (secondary N) is 1. The Balaban J connectivity index is 2.52. The molecule has 0 aliphatic carbocycles. The molecule has 0 radical (unpaired) electrons. The molecule has 5 heteroatoms. The van der Waals surface area contributed by atoms with Crippen molar-refractivity contribution in [2.45, 2.75) is 32.7 Å². The molecular weight excluding hydrogens is 268 g/mol. The van der Waals surface area contributed by atoms with Gasteiger partial charge in [0.05, 0.1) is 7.11 Å². The van der Waals surface area contributed by atoms with E-state index in [9.17, 15) is 4.79 Å². The first-order chi connectivity index (χ1) is 9.88. The third kappa shape index (κ3) is 6.04. The summed E-state index contributed by atoms with van der Waals surface area (Å²) in [5, 5.41) is 2.95. The molecule has 0 aliphatic heterocycles. The Labute approximate surface area is 126 Å². The number of hydrogen-bond donors (Lipinski definition) is 2. The average Bonchev–Trinajstić information content (AvgIpc) is 2.44. The summed E-state index contributed by atoms with van der Waals surface area (Å²) in [5.41, 5.74) is 5.38. The summed E-state index contributed by atoms with van der Waals surface area (Å²) in [6, 6.07) is 7.16. The summed E-state index contributed by atoms with van der Waals surface area (Å²) in [7, 11) is 1.59. The maximum absolute atomic E-state index is 12.0. The Morgan fingerprint density at radius 1 is 1.38 bits per heavy atom. The van der Waals surface area contributed by atoms with E-state index in [1.165, 1.54) is 0 Å². The number of rotatable bonds is 8. The van der Waals surface area contributed by atoms with Crippen LogP contribution in [-0.2, 0) is 4.79 Å². The molecule has 118 valence electrons. The molecule has 3 N–H and O–H groups in total. The molecule has 1 aromatic rings. The number of carbonyl (C=O) groups excluding carboxylic acids is 1. The highest BCUT2D eigenvalue weighted by atomic mass is 16.5. The minimum atomic E-state index is -0.400. The molecule has 5 nitrogen and oxygen atoms in total. The van der Waals surface area contributed by atoms with Crippen LogP contribution in [-0.4, -0.2) is 31.7 Å². The fourth-order valence-electron chi connectivity index (χ4n) is 2.30. The third-order valence-corrected chi connectivity index (χ3v) is 3.16. The first-order valence-corrected chi connectivity index (χ1v) is 7.16. The highest BCUT2D eigenvalue weighted by Crippen LogP contribution is 2.19. The second-order valence-corrected chi connectivity index (χ2v) is 5.88. The van der Waals surface area contributed by atoms with Gasteiger partial charge < -0.3 is 20.5 Å². The van der Waals surface area contributed by atoms with Crippen molar-refractivity contribution in [1.29, 1.82) is 0 Å². The molecule has 0 bridgehead atoms. The van der Waals surface area contributed by atoms with E-state index in [2.05, 4.69) is 19.2 Å². The van der Waals surface area contributed by atoms with Crippen LogP contribution < -0.4 is 20.5 Å². The Hall–Kier alpha value is -1.75. The summed E-state index contributed by atoms with van der Waals surface area (Å²) in [5.74, 6) is 1.58. The molecule has 0 spiro atoms. The summed E-state index contributed by atoms with van der Waals surface area (Å²) in [4.78, 5) is 12.0. The van der Waals surface area contributed by atoms with E-state index >= 15 is 0 Å². The molecule has 1 rings (SSSR count). The van der Waals surface area contributed by atoms with Gasteiger partial charge in [-0.1, -0.05) is 19.9 Å². The molecule has 0 aliphatic rings. The van der Waals surface area contributed by atoms with Gasteiger partial charge in [-0.25, -0.2) is 0 Å². The molecule has 21 heavy (non-hydrogen) atoms. The standard InChI is InChI=1S/C16H26N2O3/c1-12(2)9-16(3,11-17)18-15(19)10-21-14-7-5-6-13(8-14)20-4/h5-8,12H,9-11,17H2,1-4H3,(H,18,19). The smallest absolute Gasteiger partial charge is 0.258 e. The van der Waals surface area contributed by atoms with Gasteiger partial charge in [0, 0.05) is 18.2 Å². The number of amides is 1. The maximum atomic E-state index is 12.0. The van der Waals surface area contributed by atoms with Crippen molar-refractivity contribution in [2.75, 3.05) is 20.3 Å².